The first kappa shape index (κ1) is 34.3. The lowest BCUT2D eigenvalue weighted by Crippen LogP contribution is -2.66. The topological polar surface area (TPSA) is 116 Å². The fourth-order valence-corrected chi connectivity index (χ4v) is 9.91. The predicted molar refractivity (Wildman–Crippen MR) is 174 cm³/mol. The van der Waals surface area contributed by atoms with E-state index in [4.69, 9.17) is 9.47 Å². The maximum absolute atomic E-state index is 14.8. The van der Waals surface area contributed by atoms with Gasteiger partial charge in [0.25, 0.3) is 5.91 Å². The molecule has 1 aromatic carbocycles. The van der Waals surface area contributed by atoms with Crippen LogP contribution in [0, 0.1) is 23.7 Å². The molecule has 0 spiro atoms. The standard InChI is InChI=1S/C37H41F5N4O5/c38-35(39)9-7-24(8-10-35)46-18-29(27-6-5-25(16-30(27)46)51-26-2-1-11-50-19-26)32-43-17-28(31(44-32)37(40,41)42)33(47)45-36(34(48)49)22-4-3-20-12-21(14-22)15-23(36)13-20/h5-6,16-18,20-24,26H,1-4,7-15,19H2,(H,45,47)(H,48,49). The summed E-state index contributed by atoms with van der Waals surface area (Å²) in [5, 5.41) is 13.7. The smallest absolute Gasteiger partial charge is 0.434 e. The number of hydrogen-bond donors (Lipinski definition) is 2. The summed E-state index contributed by atoms with van der Waals surface area (Å²) in [6, 6.07) is 4.80. The largest absolute Gasteiger partial charge is 0.488 e. The Bertz CT molecular complexity index is 1820. The second kappa shape index (κ2) is 12.7. The zero-order valence-electron chi connectivity index (χ0n) is 28.1. The minimum Gasteiger partial charge on any atom is -0.488 e. The van der Waals surface area contributed by atoms with Crippen LogP contribution in [0.2, 0.25) is 0 Å². The van der Waals surface area contributed by atoms with Crippen LogP contribution in [-0.2, 0) is 15.7 Å². The number of carbonyl (C=O) groups excluding carboxylic acids is 1. The fourth-order valence-electron chi connectivity index (χ4n) is 9.91. The molecule has 3 aromatic rings. The van der Waals surface area contributed by atoms with Gasteiger partial charge in [-0.3, -0.25) is 4.79 Å². The van der Waals surface area contributed by atoms with Crippen molar-refractivity contribution in [3.63, 3.8) is 0 Å². The van der Waals surface area contributed by atoms with Crippen LogP contribution in [0.25, 0.3) is 22.3 Å². The quantitative estimate of drug-likeness (QED) is 0.240. The van der Waals surface area contributed by atoms with E-state index in [1.165, 1.54) is 0 Å². The van der Waals surface area contributed by atoms with Gasteiger partial charge in [0.05, 0.1) is 17.7 Å². The van der Waals surface area contributed by atoms with Gasteiger partial charge in [-0.2, -0.15) is 13.2 Å². The van der Waals surface area contributed by atoms with E-state index in [1.54, 1.807) is 29.0 Å². The van der Waals surface area contributed by atoms with Crippen molar-refractivity contribution in [3.8, 4) is 17.1 Å². The third-order valence-corrected chi connectivity index (χ3v) is 12.3. The average Bonchev–Trinajstić information content (AvgIpc) is 3.34. The Hall–Kier alpha value is -3.81. The first-order valence-corrected chi connectivity index (χ1v) is 18.1. The molecule has 9 rings (SSSR count). The third kappa shape index (κ3) is 6.24. The highest BCUT2D eigenvalue weighted by Crippen LogP contribution is 2.56. The number of halogens is 5. The number of aromatic nitrogens is 3. The highest BCUT2D eigenvalue weighted by molar-refractivity contribution is 6.00. The van der Waals surface area contributed by atoms with Gasteiger partial charge in [0.2, 0.25) is 5.92 Å². The van der Waals surface area contributed by atoms with Crippen molar-refractivity contribution in [2.24, 2.45) is 23.7 Å². The van der Waals surface area contributed by atoms with Gasteiger partial charge in [0.1, 0.15) is 17.4 Å². The first-order chi connectivity index (χ1) is 24.3. The van der Waals surface area contributed by atoms with E-state index in [-0.39, 0.29) is 61.1 Å². The lowest BCUT2D eigenvalue weighted by Gasteiger charge is -2.50. The number of benzene rings is 1. The van der Waals surface area contributed by atoms with Gasteiger partial charge in [0, 0.05) is 54.9 Å². The second-order valence-corrected chi connectivity index (χ2v) is 15.4. The normalized spacial score (nSPS) is 30.6. The summed E-state index contributed by atoms with van der Waals surface area (Å²) in [5.41, 5.74) is -3.16. The van der Waals surface area contributed by atoms with Crippen LogP contribution in [0.3, 0.4) is 0 Å². The number of rotatable bonds is 7. The van der Waals surface area contributed by atoms with Crippen LogP contribution in [-0.4, -0.2) is 62.3 Å². The Morgan fingerprint density at radius 1 is 1.00 bits per heavy atom. The van der Waals surface area contributed by atoms with Gasteiger partial charge in [-0.1, -0.05) is 6.42 Å². The molecule has 1 saturated heterocycles. The van der Waals surface area contributed by atoms with Crippen LogP contribution < -0.4 is 10.1 Å². The Morgan fingerprint density at radius 3 is 2.49 bits per heavy atom. The Morgan fingerprint density at radius 2 is 1.76 bits per heavy atom. The molecule has 14 heteroatoms. The van der Waals surface area contributed by atoms with Gasteiger partial charge < -0.3 is 24.5 Å². The minimum atomic E-state index is -5.07. The van der Waals surface area contributed by atoms with Crippen molar-refractivity contribution in [2.75, 3.05) is 13.2 Å². The molecular formula is C37H41F5N4O5. The summed E-state index contributed by atoms with van der Waals surface area (Å²) < 4.78 is 86.1. The average molecular weight is 717 g/mol. The van der Waals surface area contributed by atoms with Gasteiger partial charge in [0.15, 0.2) is 11.5 Å². The minimum absolute atomic E-state index is 0.167. The number of nitrogens with one attached hydrogen (secondary N) is 1. The summed E-state index contributed by atoms with van der Waals surface area (Å²) in [4.78, 5) is 35.0. The fraction of sp³-hybridized carbons (Fsp3) is 0.622. The van der Waals surface area contributed by atoms with Crippen LogP contribution >= 0.6 is 0 Å². The number of nitrogens with zero attached hydrogens (tertiary/aromatic N) is 3. The van der Waals surface area contributed by atoms with Crippen molar-refractivity contribution < 1.29 is 46.1 Å². The number of carboxylic acid groups (broad SMARTS) is 1. The number of carbonyl (C=O) groups is 2. The molecule has 2 aromatic heterocycles. The Balaban J connectivity index is 1.16. The number of aliphatic carboxylic acids is 1. The van der Waals surface area contributed by atoms with E-state index in [0.717, 1.165) is 31.9 Å². The van der Waals surface area contributed by atoms with E-state index < -0.39 is 40.8 Å². The molecular weight excluding hydrogens is 675 g/mol. The Kier molecular flexibility index (Phi) is 8.54. The molecule has 274 valence electrons. The van der Waals surface area contributed by atoms with Crippen LogP contribution in [0.15, 0.2) is 30.6 Å². The maximum Gasteiger partial charge on any atom is 0.434 e. The molecule has 5 saturated carbocycles. The number of alkyl halides is 5. The van der Waals surface area contributed by atoms with E-state index in [1.807, 2.05) is 0 Å². The molecule has 2 N–H and O–H groups in total. The van der Waals surface area contributed by atoms with Gasteiger partial charge in [-0.15, -0.1) is 0 Å². The van der Waals surface area contributed by atoms with Gasteiger partial charge in [-0.25, -0.2) is 23.5 Å². The van der Waals surface area contributed by atoms with Gasteiger partial charge >= 0.3 is 12.1 Å². The zero-order valence-corrected chi connectivity index (χ0v) is 28.1. The lowest BCUT2D eigenvalue weighted by molar-refractivity contribution is -0.154. The summed E-state index contributed by atoms with van der Waals surface area (Å²) in [6.07, 6.45) is 2.82. The molecule has 1 aliphatic heterocycles. The van der Waals surface area contributed by atoms with Crippen LogP contribution in [0.4, 0.5) is 22.0 Å². The molecule has 1 amide bonds. The summed E-state index contributed by atoms with van der Waals surface area (Å²) in [7, 11) is 0. The van der Waals surface area contributed by atoms with E-state index in [0.29, 0.717) is 67.4 Å². The molecule has 9 nitrogen and oxygen atoms in total. The zero-order chi connectivity index (χ0) is 35.7. The van der Waals surface area contributed by atoms with Gasteiger partial charge in [-0.05, 0) is 93.6 Å². The number of carboxylic acids is 1. The molecule has 0 radical (unpaired) electrons. The van der Waals surface area contributed by atoms with Crippen molar-refractivity contribution in [1.82, 2.24) is 19.9 Å². The van der Waals surface area contributed by atoms with Crippen molar-refractivity contribution in [2.45, 2.75) is 107 Å². The summed E-state index contributed by atoms with van der Waals surface area (Å²) in [5.74, 6) is -4.99. The predicted octanol–water partition coefficient (Wildman–Crippen LogP) is 7.82. The van der Waals surface area contributed by atoms with E-state index in [9.17, 15) is 36.6 Å². The number of ether oxygens (including phenoxy) is 2. The highest BCUT2D eigenvalue weighted by Gasteiger charge is 2.60. The summed E-state index contributed by atoms with van der Waals surface area (Å²) in [6.45, 7) is 1.08. The van der Waals surface area contributed by atoms with Crippen molar-refractivity contribution >= 4 is 22.8 Å². The SMILES string of the molecule is O=C(NC1(C(=O)O)C2CCC3CC(C2)CC1C3)c1cnc(-c2cn(C3CCC(F)(F)CC3)c3cc(OC4CCCOC4)ccc23)nc1C(F)(F)F. The van der Waals surface area contributed by atoms with Crippen LogP contribution in [0.5, 0.6) is 5.75 Å². The molecule has 6 atom stereocenters. The molecule has 6 fully saturated rings. The molecule has 6 unspecified atom stereocenters. The summed E-state index contributed by atoms with van der Waals surface area (Å²) >= 11 is 0. The monoisotopic (exact) mass is 716 g/mol. The van der Waals surface area contributed by atoms with E-state index in [2.05, 4.69) is 15.3 Å². The van der Waals surface area contributed by atoms with E-state index >= 15 is 0 Å². The lowest BCUT2D eigenvalue weighted by atomic mass is 9.58. The van der Waals surface area contributed by atoms with Crippen LogP contribution in [0.1, 0.15) is 99.1 Å². The number of amides is 1. The number of fused-ring (bicyclic) bond motifs is 2. The molecule has 4 bridgehead atoms. The van der Waals surface area contributed by atoms with Crippen molar-refractivity contribution in [1.29, 1.82) is 0 Å². The second-order valence-electron chi connectivity index (χ2n) is 15.4. The first-order valence-electron chi connectivity index (χ1n) is 18.1. The molecule has 51 heavy (non-hydrogen) atoms. The molecule has 6 aliphatic rings. The van der Waals surface area contributed by atoms with Crippen molar-refractivity contribution in [3.05, 3.63) is 41.9 Å². The molecule has 3 heterocycles. The number of hydrogen-bond acceptors (Lipinski definition) is 6. The molecule has 5 aliphatic carbocycles. The third-order valence-electron chi connectivity index (χ3n) is 12.3. The maximum atomic E-state index is 14.8. The Labute approximate surface area is 291 Å². The highest BCUT2D eigenvalue weighted by atomic mass is 19.4.